The van der Waals surface area contributed by atoms with Crippen LogP contribution >= 0.6 is 24.8 Å². The molecule has 7 heteroatoms. The van der Waals surface area contributed by atoms with E-state index in [2.05, 4.69) is 28.3 Å². The SMILES string of the molecule is CN1CCCC1CNC(=O)[C@@H](N)Cc1c[nH]c2ccccc12.Cl.Cl. The van der Waals surface area contributed by atoms with Crippen molar-refractivity contribution < 1.29 is 4.79 Å². The average Bonchev–Trinajstić information content (AvgIpc) is 3.12. The number of hydrogen-bond acceptors (Lipinski definition) is 3. The van der Waals surface area contributed by atoms with E-state index in [9.17, 15) is 4.79 Å². The van der Waals surface area contributed by atoms with Crippen LogP contribution in [0.25, 0.3) is 10.9 Å². The number of fused-ring (bicyclic) bond motifs is 1. The van der Waals surface area contributed by atoms with Crippen molar-refractivity contribution in [2.75, 3.05) is 20.1 Å². The molecule has 0 radical (unpaired) electrons. The van der Waals surface area contributed by atoms with Crippen LogP contribution in [0.5, 0.6) is 0 Å². The number of para-hydroxylation sites is 1. The van der Waals surface area contributed by atoms with E-state index in [-0.39, 0.29) is 30.7 Å². The van der Waals surface area contributed by atoms with Crippen LogP contribution in [0.15, 0.2) is 30.5 Å². The lowest BCUT2D eigenvalue weighted by atomic mass is 10.0. The van der Waals surface area contributed by atoms with Gasteiger partial charge in [0.05, 0.1) is 6.04 Å². The molecule has 0 saturated carbocycles. The van der Waals surface area contributed by atoms with Gasteiger partial charge in [0.2, 0.25) is 5.91 Å². The van der Waals surface area contributed by atoms with E-state index in [4.69, 9.17) is 5.73 Å². The first kappa shape index (κ1) is 20.8. The summed E-state index contributed by atoms with van der Waals surface area (Å²) in [4.78, 5) is 17.7. The summed E-state index contributed by atoms with van der Waals surface area (Å²) in [7, 11) is 2.11. The molecule has 0 spiro atoms. The van der Waals surface area contributed by atoms with Gasteiger partial charge in [-0.3, -0.25) is 4.79 Å². The number of aromatic amines is 1. The second-order valence-electron chi connectivity index (χ2n) is 6.19. The number of likely N-dealkylation sites (N-methyl/N-ethyl adjacent to an activating group) is 1. The monoisotopic (exact) mass is 372 g/mol. The molecule has 0 aliphatic carbocycles. The third-order valence-corrected chi connectivity index (χ3v) is 4.63. The number of halogens is 2. The lowest BCUT2D eigenvalue weighted by Crippen LogP contribution is -2.46. The van der Waals surface area contributed by atoms with Crippen molar-refractivity contribution in [3.63, 3.8) is 0 Å². The van der Waals surface area contributed by atoms with E-state index >= 15 is 0 Å². The summed E-state index contributed by atoms with van der Waals surface area (Å²) in [5.41, 5.74) is 8.25. The molecule has 3 rings (SSSR count). The summed E-state index contributed by atoms with van der Waals surface area (Å²) >= 11 is 0. The highest BCUT2D eigenvalue weighted by Gasteiger charge is 2.22. The Labute approximate surface area is 155 Å². The molecule has 1 amide bonds. The molecule has 1 aromatic heterocycles. The van der Waals surface area contributed by atoms with E-state index in [1.54, 1.807) is 0 Å². The van der Waals surface area contributed by atoms with Gasteiger partial charge in [-0.05, 0) is 44.5 Å². The van der Waals surface area contributed by atoms with E-state index in [1.165, 1.54) is 6.42 Å². The third-order valence-electron chi connectivity index (χ3n) is 4.63. The summed E-state index contributed by atoms with van der Waals surface area (Å²) in [6.45, 7) is 1.80. The summed E-state index contributed by atoms with van der Waals surface area (Å²) < 4.78 is 0. The van der Waals surface area contributed by atoms with Gasteiger partial charge >= 0.3 is 0 Å². The maximum atomic E-state index is 12.2. The van der Waals surface area contributed by atoms with Crippen LogP contribution in [-0.4, -0.2) is 48.0 Å². The van der Waals surface area contributed by atoms with Crippen LogP contribution < -0.4 is 11.1 Å². The summed E-state index contributed by atoms with van der Waals surface area (Å²) in [6, 6.07) is 8.02. The van der Waals surface area contributed by atoms with E-state index in [0.29, 0.717) is 19.0 Å². The number of hydrogen-bond donors (Lipinski definition) is 3. The molecule has 134 valence electrons. The second-order valence-corrected chi connectivity index (χ2v) is 6.19. The number of rotatable bonds is 5. The highest BCUT2D eigenvalue weighted by Crippen LogP contribution is 2.19. The minimum absolute atomic E-state index is 0. The van der Waals surface area contributed by atoms with Crippen LogP contribution in [-0.2, 0) is 11.2 Å². The Morgan fingerprint density at radius 3 is 2.88 bits per heavy atom. The molecule has 24 heavy (non-hydrogen) atoms. The van der Waals surface area contributed by atoms with Crippen molar-refractivity contribution in [2.45, 2.75) is 31.3 Å². The van der Waals surface area contributed by atoms with Crippen molar-refractivity contribution >= 4 is 41.6 Å². The Morgan fingerprint density at radius 1 is 1.42 bits per heavy atom. The van der Waals surface area contributed by atoms with Crippen molar-refractivity contribution in [1.29, 1.82) is 0 Å². The number of carbonyl (C=O) groups excluding carboxylic acids is 1. The average molecular weight is 373 g/mol. The lowest BCUT2D eigenvalue weighted by molar-refractivity contribution is -0.122. The summed E-state index contributed by atoms with van der Waals surface area (Å²) in [5.74, 6) is -0.0643. The lowest BCUT2D eigenvalue weighted by Gasteiger charge is -2.21. The zero-order valence-corrected chi connectivity index (χ0v) is 15.5. The number of H-pyrrole nitrogens is 1. The molecule has 0 bridgehead atoms. The van der Waals surface area contributed by atoms with Gasteiger partial charge < -0.3 is 20.9 Å². The Morgan fingerprint density at radius 2 is 2.17 bits per heavy atom. The summed E-state index contributed by atoms with van der Waals surface area (Å²) in [5, 5.41) is 4.14. The van der Waals surface area contributed by atoms with Crippen LogP contribution in [0.3, 0.4) is 0 Å². The van der Waals surface area contributed by atoms with E-state index in [0.717, 1.165) is 29.4 Å². The predicted molar refractivity (Wildman–Crippen MR) is 103 cm³/mol. The number of carbonyl (C=O) groups is 1. The van der Waals surface area contributed by atoms with Gasteiger partial charge in [-0.25, -0.2) is 0 Å². The largest absolute Gasteiger partial charge is 0.361 e. The number of nitrogens with one attached hydrogen (secondary N) is 2. The molecular formula is C17H26Cl2N4O. The quantitative estimate of drug-likeness (QED) is 0.752. The fraction of sp³-hybridized carbons (Fsp3) is 0.471. The fourth-order valence-electron chi connectivity index (χ4n) is 3.22. The molecular weight excluding hydrogens is 347 g/mol. The van der Waals surface area contributed by atoms with Gasteiger partial charge in [-0.1, -0.05) is 18.2 Å². The molecule has 1 unspecified atom stereocenters. The number of amides is 1. The first-order valence-electron chi connectivity index (χ1n) is 7.93. The van der Waals surface area contributed by atoms with Gasteiger partial charge in [-0.15, -0.1) is 24.8 Å². The molecule has 4 N–H and O–H groups in total. The van der Waals surface area contributed by atoms with Gasteiger partial charge in [0.1, 0.15) is 0 Å². The minimum atomic E-state index is -0.508. The number of likely N-dealkylation sites (tertiary alicyclic amines) is 1. The molecule has 5 nitrogen and oxygen atoms in total. The zero-order valence-electron chi connectivity index (χ0n) is 13.8. The standard InChI is InChI=1S/C17H24N4O.2ClH/c1-21-8-4-5-13(21)11-20-17(22)15(18)9-12-10-19-16-7-3-2-6-14(12)16;;/h2-3,6-7,10,13,15,19H,4-5,8-9,11,18H2,1H3,(H,20,22);2*1H/t13?,15-;;/m0../s1. The van der Waals surface area contributed by atoms with Gasteiger partial charge in [0.15, 0.2) is 0 Å². The van der Waals surface area contributed by atoms with Gasteiger partial charge in [0.25, 0.3) is 0 Å². The maximum Gasteiger partial charge on any atom is 0.237 e. The molecule has 1 aliphatic heterocycles. The number of nitrogens with two attached hydrogens (primary N) is 1. The first-order valence-corrected chi connectivity index (χ1v) is 7.93. The van der Waals surface area contributed by atoms with Gasteiger partial charge in [0, 0.05) is 29.7 Å². The van der Waals surface area contributed by atoms with Crippen LogP contribution in [0.4, 0.5) is 0 Å². The predicted octanol–water partition coefficient (Wildman–Crippen LogP) is 2.09. The second kappa shape index (κ2) is 9.28. The Bertz CT molecular complexity index is 661. The Kier molecular flexibility index (Phi) is 8.03. The van der Waals surface area contributed by atoms with Crippen LogP contribution in [0.1, 0.15) is 18.4 Å². The molecule has 1 aromatic carbocycles. The highest BCUT2D eigenvalue weighted by molar-refractivity contribution is 5.86. The molecule has 2 heterocycles. The topological polar surface area (TPSA) is 74.2 Å². The van der Waals surface area contributed by atoms with Crippen molar-refractivity contribution in [1.82, 2.24) is 15.2 Å². The van der Waals surface area contributed by atoms with E-state index in [1.807, 2.05) is 24.4 Å². The molecule has 1 saturated heterocycles. The van der Waals surface area contributed by atoms with Crippen LogP contribution in [0, 0.1) is 0 Å². The first-order chi connectivity index (χ1) is 10.6. The molecule has 1 fully saturated rings. The van der Waals surface area contributed by atoms with Crippen molar-refractivity contribution in [3.05, 3.63) is 36.0 Å². The Hall–Kier alpha value is -1.27. The number of benzene rings is 1. The van der Waals surface area contributed by atoms with Crippen molar-refractivity contribution in [3.8, 4) is 0 Å². The number of nitrogens with zero attached hydrogens (tertiary/aromatic N) is 1. The van der Waals surface area contributed by atoms with E-state index < -0.39 is 6.04 Å². The smallest absolute Gasteiger partial charge is 0.237 e. The minimum Gasteiger partial charge on any atom is -0.361 e. The molecule has 2 atom stereocenters. The maximum absolute atomic E-state index is 12.2. The highest BCUT2D eigenvalue weighted by atomic mass is 35.5. The zero-order chi connectivity index (χ0) is 15.5. The Balaban J connectivity index is 0.00000144. The molecule has 2 aromatic rings. The van der Waals surface area contributed by atoms with Crippen molar-refractivity contribution in [2.24, 2.45) is 5.73 Å². The molecule has 1 aliphatic rings. The summed E-state index contributed by atoms with van der Waals surface area (Å²) in [6.07, 6.45) is 4.85. The number of aromatic nitrogens is 1. The normalized spacial score (nSPS) is 18.7. The van der Waals surface area contributed by atoms with Crippen LogP contribution in [0.2, 0.25) is 0 Å². The fourth-order valence-corrected chi connectivity index (χ4v) is 3.22. The van der Waals surface area contributed by atoms with Gasteiger partial charge in [-0.2, -0.15) is 0 Å². The third kappa shape index (κ3) is 4.63.